The van der Waals surface area contributed by atoms with E-state index >= 15 is 0 Å². The van der Waals surface area contributed by atoms with Crippen molar-refractivity contribution in [2.75, 3.05) is 5.32 Å². The molecule has 3 heterocycles. The molecule has 142 valence electrons. The van der Waals surface area contributed by atoms with Gasteiger partial charge in [-0.1, -0.05) is 12.1 Å². The van der Waals surface area contributed by atoms with Crippen LogP contribution in [-0.2, 0) is 11.3 Å². The number of pyridine rings is 1. The number of nitrogens with one attached hydrogen (secondary N) is 1. The molecular weight excluding hydrogens is 359 g/mol. The normalized spacial score (nSPS) is 11.1. The van der Waals surface area contributed by atoms with Gasteiger partial charge in [-0.25, -0.2) is 8.91 Å². The molecule has 0 saturated carbocycles. The summed E-state index contributed by atoms with van der Waals surface area (Å²) >= 11 is 0. The van der Waals surface area contributed by atoms with Gasteiger partial charge in [-0.2, -0.15) is 10.1 Å². The number of benzene rings is 1. The molecule has 0 bridgehead atoms. The summed E-state index contributed by atoms with van der Waals surface area (Å²) in [7, 11) is 0. The van der Waals surface area contributed by atoms with E-state index in [-0.39, 0.29) is 24.2 Å². The number of amides is 1. The van der Waals surface area contributed by atoms with Crippen molar-refractivity contribution in [2.24, 2.45) is 0 Å². The molecule has 1 aromatic carbocycles. The predicted octanol–water partition coefficient (Wildman–Crippen LogP) is 3.30. The van der Waals surface area contributed by atoms with Crippen LogP contribution in [0.25, 0.3) is 16.8 Å². The average molecular weight is 378 g/mol. The number of aryl methyl sites for hydroxylation is 2. The van der Waals surface area contributed by atoms with Crippen molar-refractivity contribution < 1.29 is 9.18 Å². The number of hydrogen-bond donors (Lipinski definition) is 1. The van der Waals surface area contributed by atoms with Gasteiger partial charge in [0.2, 0.25) is 11.9 Å². The van der Waals surface area contributed by atoms with Crippen molar-refractivity contribution in [2.45, 2.75) is 27.3 Å². The Morgan fingerprint density at radius 2 is 1.96 bits per heavy atom. The van der Waals surface area contributed by atoms with Crippen molar-refractivity contribution in [1.29, 1.82) is 0 Å². The van der Waals surface area contributed by atoms with E-state index in [4.69, 9.17) is 0 Å². The molecule has 0 radical (unpaired) electrons. The van der Waals surface area contributed by atoms with Crippen molar-refractivity contribution in [3.8, 4) is 11.1 Å². The van der Waals surface area contributed by atoms with Gasteiger partial charge in [0.25, 0.3) is 0 Å². The summed E-state index contributed by atoms with van der Waals surface area (Å²) in [6.07, 6.45) is 1.76. The van der Waals surface area contributed by atoms with Crippen LogP contribution in [0, 0.1) is 26.6 Å². The Bertz CT molecular complexity index is 1190. The largest absolute Gasteiger partial charge is 0.292 e. The highest BCUT2D eigenvalue weighted by atomic mass is 19.1. The number of anilines is 1. The fraction of sp³-hybridized carbons (Fsp3) is 0.200. The average Bonchev–Trinajstić information content (AvgIpc) is 3.18. The maximum Gasteiger partial charge on any atom is 0.249 e. The fourth-order valence-corrected chi connectivity index (χ4v) is 3.15. The first-order chi connectivity index (χ1) is 13.4. The SMILES string of the molecule is Cc1cc(C)n(CC(=O)Nc2nc3ccc(-c4cccc(F)c4C)cn3n2)n1. The molecule has 1 N–H and O–H groups in total. The van der Waals surface area contributed by atoms with Crippen LogP contribution in [0.2, 0.25) is 0 Å². The van der Waals surface area contributed by atoms with Crippen molar-refractivity contribution in [3.05, 3.63) is 65.4 Å². The minimum Gasteiger partial charge on any atom is -0.292 e. The van der Waals surface area contributed by atoms with Crippen molar-refractivity contribution in [1.82, 2.24) is 24.4 Å². The van der Waals surface area contributed by atoms with Gasteiger partial charge in [-0.15, -0.1) is 5.10 Å². The first-order valence-corrected chi connectivity index (χ1v) is 8.83. The highest BCUT2D eigenvalue weighted by Gasteiger charge is 2.12. The standard InChI is InChI=1S/C20H19FN6O/c1-12-9-13(2)26(24-12)11-19(28)23-20-22-18-8-7-15(10-27(18)25-20)16-5-4-6-17(21)14(16)3/h4-10H,11H2,1-3H3,(H,23,25,28). The minimum atomic E-state index is -0.261. The monoisotopic (exact) mass is 378 g/mol. The first-order valence-electron chi connectivity index (χ1n) is 8.83. The smallest absolute Gasteiger partial charge is 0.249 e. The molecule has 1 amide bonds. The summed E-state index contributed by atoms with van der Waals surface area (Å²) in [6, 6.07) is 10.5. The Balaban J connectivity index is 1.57. The number of carbonyl (C=O) groups excluding carboxylic acids is 1. The maximum absolute atomic E-state index is 13.8. The van der Waals surface area contributed by atoms with E-state index in [1.165, 1.54) is 6.07 Å². The highest BCUT2D eigenvalue weighted by Crippen LogP contribution is 2.25. The molecule has 3 aromatic heterocycles. The highest BCUT2D eigenvalue weighted by molar-refractivity contribution is 5.89. The Morgan fingerprint density at radius 1 is 1.14 bits per heavy atom. The van der Waals surface area contributed by atoms with E-state index in [2.05, 4.69) is 20.5 Å². The van der Waals surface area contributed by atoms with Crippen LogP contribution < -0.4 is 5.32 Å². The molecule has 28 heavy (non-hydrogen) atoms. The molecule has 0 unspecified atom stereocenters. The van der Waals surface area contributed by atoms with E-state index in [9.17, 15) is 9.18 Å². The molecule has 8 heteroatoms. The minimum absolute atomic E-state index is 0.0863. The summed E-state index contributed by atoms with van der Waals surface area (Å²) < 4.78 is 17.0. The fourth-order valence-electron chi connectivity index (χ4n) is 3.15. The van der Waals surface area contributed by atoms with Gasteiger partial charge in [0.1, 0.15) is 12.4 Å². The molecular formula is C20H19FN6O. The first kappa shape index (κ1) is 17.8. The lowest BCUT2D eigenvalue weighted by molar-refractivity contribution is -0.117. The van der Waals surface area contributed by atoms with Gasteiger partial charge in [0.05, 0.1) is 5.69 Å². The Kier molecular flexibility index (Phi) is 4.38. The molecule has 0 aliphatic heterocycles. The molecule has 4 rings (SSSR count). The summed E-state index contributed by atoms with van der Waals surface area (Å²) in [5.74, 6) is -0.309. The van der Waals surface area contributed by atoms with E-state index < -0.39 is 0 Å². The number of nitrogens with zero attached hydrogens (tertiary/aromatic N) is 5. The number of halogens is 1. The topological polar surface area (TPSA) is 77.1 Å². The second kappa shape index (κ2) is 6.88. The van der Waals surface area contributed by atoms with E-state index in [1.54, 1.807) is 34.5 Å². The van der Waals surface area contributed by atoms with Gasteiger partial charge in [0.15, 0.2) is 5.65 Å². The quantitative estimate of drug-likeness (QED) is 0.591. The zero-order valence-corrected chi connectivity index (χ0v) is 15.8. The summed E-state index contributed by atoms with van der Waals surface area (Å²) in [4.78, 5) is 16.6. The number of fused-ring (bicyclic) bond motifs is 1. The van der Waals surface area contributed by atoms with E-state index in [1.807, 2.05) is 32.0 Å². The summed E-state index contributed by atoms with van der Waals surface area (Å²) in [5, 5.41) is 11.3. The zero-order chi connectivity index (χ0) is 19.8. The molecule has 0 saturated heterocycles. The van der Waals surface area contributed by atoms with Gasteiger partial charge in [-0.3, -0.25) is 14.8 Å². The van der Waals surface area contributed by atoms with Crippen LogP contribution in [0.4, 0.5) is 10.3 Å². The molecule has 7 nitrogen and oxygen atoms in total. The third kappa shape index (κ3) is 3.36. The van der Waals surface area contributed by atoms with Crippen molar-refractivity contribution in [3.63, 3.8) is 0 Å². The number of hydrogen-bond acceptors (Lipinski definition) is 4. The lowest BCUT2D eigenvalue weighted by Crippen LogP contribution is -2.21. The summed E-state index contributed by atoms with van der Waals surface area (Å²) in [6.45, 7) is 5.60. The molecule has 0 spiro atoms. The molecule has 0 fully saturated rings. The Hall–Kier alpha value is -3.55. The Labute approximate surface area is 160 Å². The Morgan fingerprint density at radius 3 is 2.71 bits per heavy atom. The maximum atomic E-state index is 13.8. The van der Waals surface area contributed by atoms with Gasteiger partial charge in [0, 0.05) is 17.5 Å². The third-order valence-electron chi connectivity index (χ3n) is 4.56. The van der Waals surface area contributed by atoms with Gasteiger partial charge < -0.3 is 0 Å². The third-order valence-corrected chi connectivity index (χ3v) is 4.56. The van der Waals surface area contributed by atoms with E-state index in [0.717, 1.165) is 22.5 Å². The van der Waals surface area contributed by atoms with Crippen LogP contribution in [0.1, 0.15) is 17.0 Å². The second-order valence-electron chi connectivity index (χ2n) is 6.70. The number of rotatable bonds is 4. The molecule has 0 aliphatic rings. The van der Waals surface area contributed by atoms with Crippen LogP contribution in [-0.4, -0.2) is 30.3 Å². The number of carbonyl (C=O) groups is 1. The van der Waals surface area contributed by atoms with Gasteiger partial charge >= 0.3 is 0 Å². The van der Waals surface area contributed by atoms with Crippen LogP contribution in [0.15, 0.2) is 42.6 Å². The van der Waals surface area contributed by atoms with Crippen LogP contribution in [0.5, 0.6) is 0 Å². The van der Waals surface area contributed by atoms with Crippen LogP contribution in [0.3, 0.4) is 0 Å². The summed E-state index contributed by atoms with van der Waals surface area (Å²) in [5.41, 5.74) is 4.52. The molecule has 0 atom stereocenters. The van der Waals surface area contributed by atoms with Gasteiger partial charge in [-0.05, 0) is 56.2 Å². The molecule has 4 aromatic rings. The molecule has 0 aliphatic carbocycles. The lowest BCUT2D eigenvalue weighted by Gasteiger charge is -2.06. The van der Waals surface area contributed by atoms with Crippen LogP contribution >= 0.6 is 0 Å². The number of aromatic nitrogens is 5. The van der Waals surface area contributed by atoms with E-state index in [0.29, 0.717) is 11.2 Å². The van der Waals surface area contributed by atoms with Crippen molar-refractivity contribution >= 4 is 17.5 Å². The predicted molar refractivity (Wildman–Crippen MR) is 103 cm³/mol. The second-order valence-corrected chi connectivity index (χ2v) is 6.70. The lowest BCUT2D eigenvalue weighted by atomic mass is 10.0. The zero-order valence-electron chi connectivity index (χ0n) is 15.8.